The summed E-state index contributed by atoms with van der Waals surface area (Å²) in [6.07, 6.45) is 0.591. The van der Waals surface area contributed by atoms with E-state index in [4.69, 9.17) is 4.74 Å². The lowest BCUT2D eigenvalue weighted by molar-refractivity contribution is -0.130. The molecule has 2 aliphatic rings. The molecule has 2 atom stereocenters. The van der Waals surface area contributed by atoms with Gasteiger partial charge >= 0.3 is 0 Å². The Morgan fingerprint density at radius 2 is 2.10 bits per heavy atom. The molecule has 0 spiro atoms. The standard InChI is InChI=1S/C14H17N3O3/c18-13-6-5-9(7-16-13)17-14(19)12-8-15-10-3-1-2-4-11(10)20-12/h1-4,9,12,15H,5-8H2,(H,16,18)(H,17,19). The highest BCUT2D eigenvalue weighted by atomic mass is 16.5. The number of amides is 2. The zero-order chi connectivity index (χ0) is 13.9. The number of ether oxygens (including phenoxy) is 1. The summed E-state index contributed by atoms with van der Waals surface area (Å²) in [5.41, 5.74) is 0.904. The fraction of sp³-hybridized carbons (Fsp3) is 0.429. The Kier molecular flexibility index (Phi) is 3.45. The number of fused-ring (bicyclic) bond motifs is 1. The Balaban J connectivity index is 1.57. The molecule has 0 saturated carbocycles. The number of anilines is 1. The van der Waals surface area contributed by atoms with Crippen LogP contribution in [0.15, 0.2) is 24.3 Å². The van der Waals surface area contributed by atoms with E-state index in [9.17, 15) is 9.59 Å². The van der Waals surface area contributed by atoms with Gasteiger partial charge in [0.25, 0.3) is 5.91 Å². The molecule has 0 aliphatic carbocycles. The summed E-state index contributed by atoms with van der Waals surface area (Å²) in [5.74, 6) is 0.587. The highest BCUT2D eigenvalue weighted by molar-refractivity contribution is 5.84. The molecule has 106 valence electrons. The zero-order valence-electron chi connectivity index (χ0n) is 11.0. The number of nitrogens with one attached hydrogen (secondary N) is 3. The van der Waals surface area contributed by atoms with E-state index in [0.29, 0.717) is 31.7 Å². The molecule has 20 heavy (non-hydrogen) atoms. The van der Waals surface area contributed by atoms with Crippen LogP contribution in [0.2, 0.25) is 0 Å². The lowest BCUT2D eigenvalue weighted by atomic mass is 10.1. The maximum Gasteiger partial charge on any atom is 0.263 e. The highest BCUT2D eigenvalue weighted by Gasteiger charge is 2.28. The smallest absolute Gasteiger partial charge is 0.263 e. The monoisotopic (exact) mass is 275 g/mol. The van der Waals surface area contributed by atoms with Gasteiger partial charge < -0.3 is 20.7 Å². The quantitative estimate of drug-likeness (QED) is 0.723. The van der Waals surface area contributed by atoms with Crippen LogP contribution in [0.4, 0.5) is 5.69 Å². The van der Waals surface area contributed by atoms with Crippen LogP contribution in [0.25, 0.3) is 0 Å². The van der Waals surface area contributed by atoms with Crippen molar-refractivity contribution in [3.8, 4) is 5.75 Å². The number of hydrogen-bond acceptors (Lipinski definition) is 4. The van der Waals surface area contributed by atoms with Crippen LogP contribution in [0.1, 0.15) is 12.8 Å². The predicted molar refractivity (Wildman–Crippen MR) is 73.5 cm³/mol. The third-order valence-electron chi connectivity index (χ3n) is 3.54. The van der Waals surface area contributed by atoms with Gasteiger partial charge in [-0.05, 0) is 18.6 Å². The first-order chi connectivity index (χ1) is 9.72. The Labute approximate surface area is 116 Å². The molecule has 0 radical (unpaired) electrons. The van der Waals surface area contributed by atoms with Crippen molar-refractivity contribution in [3.63, 3.8) is 0 Å². The second-order valence-electron chi connectivity index (χ2n) is 5.03. The van der Waals surface area contributed by atoms with Gasteiger partial charge in [0.15, 0.2) is 6.10 Å². The van der Waals surface area contributed by atoms with Gasteiger partial charge in [0.2, 0.25) is 5.91 Å². The molecule has 0 aromatic heterocycles. The summed E-state index contributed by atoms with van der Waals surface area (Å²) in [7, 11) is 0. The Bertz CT molecular complexity index is 522. The zero-order valence-corrected chi connectivity index (χ0v) is 11.0. The van der Waals surface area contributed by atoms with Gasteiger partial charge in [0.1, 0.15) is 5.75 Å². The highest BCUT2D eigenvalue weighted by Crippen LogP contribution is 2.28. The van der Waals surface area contributed by atoms with Gasteiger partial charge in [-0.15, -0.1) is 0 Å². The Morgan fingerprint density at radius 1 is 1.25 bits per heavy atom. The van der Waals surface area contributed by atoms with Crippen molar-refractivity contribution in [1.82, 2.24) is 10.6 Å². The van der Waals surface area contributed by atoms with Crippen molar-refractivity contribution in [1.29, 1.82) is 0 Å². The Morgan fingerprint density at radius 3 is 2.90 bits per heavy atom. The molecule has 3 rings (SSSR count). The minimum absolute atomic E-state index is 0.0130. The van der Waals surface area contributed by atoms with Crippen LogP contribution < -0.4 is 20.7 Å². The minimum Gasteiger partial charge on any atom is -0.477 e. The first-order valence-corrected chi connectivity index (χ1v) is 6.79. The molecule has 0 bridgehead atoms. The molecule has 3 N–H and O–H groups in total. The molecule has 2 unspecified atom stereocenters. The molecule has 2 aliphatic heterocycles. The number of rotatable bonds is 2. The maximum absolute atomic E-state index is 12.2. The third kappa shape index (κ3) is 2.68. The van der Waals surface area contributed by atoms with E-state index in [1.54, 1.807) is 0 Å². The topological polar surface area (TPSA) is 79.5 Å². The first-order valence-electron chi connectivity index (χ1n) is 6.79. The van der Waals surface area contributed by atoms with Crippen molar-refractivity contribution in [2.45, 2.75) is 25.0 Å². The predicted octanol–water partition coefficient (Wildman–Crippen LogP) is 0.254. The maximum atomic E-state index is 12.2. The minimum atomic E-state index is -0.539. The molecule has 1 aromatic carbocycles. The van der Waals surface area contributed by atoms with E-state index in [1.807, 2.05) is 24.3 Å². The summed E-state index contributed by atoms with van der Waals surface area (Å²) in [6, 6.07) is 7.53. The van der Waals surface area contributed by atoms with Crippen LogP contribution >= 0.6 is 0 Å². The van der Waals surface area contributed by atoms with Crippen LogP contribution in [-0.2, 0) is 9.59 Å². The second-order valence-corrected chi connectivity index (χ2v) is 5.03. The molecule has 1 fully saturated rings. The van der Waals surface area contributed by atoms with E-state index in [2.05, 4.69) is 16.0 Å². The van der Waals surface area contributed by atoms with E-state index in [-0.39, 0.29) is 17.9 Å². The fourth-order valence-electron chi connectivity index (χ4n) is 2.41. The molecular formula is C14H17N3O3. The average Bonchev–Trinajstić information content (AvgIpc) is 2.49. The van der Waals surface area contributed by atoms with Gasteiger partial charge in [-0.1, -0.05) is 12.1 Å². The Hall–Kier alpha value is -2.24. The molecule has 6 nitrogen and oxygen atoms in total. The van der Waals surface area contributed by atoms with Gasteiger partial charge in [-0.3, -0.25) is 9.59 Å². The van der Waals surface area contributed by atoms with Gasteiger partial charge in [-0.25, -0.2) is 0 Å². The number of hydrogen-bond donors (Lipinski definition) is 3. The van der Waals surface area contributed by atoms with Crippen molar-refractivity contribution in [2.24, 2.45) is 0 Å². The average molecular weight is 275 g/mol. The second kappa shape index (κ2) is 5.40. The van der Waals surface area contributed by atoms with Crippen molar-refractivity contribution in [2.75, 3.05) is 18.4 Å². The fourth-order valence-corrected chi connectivity index (χ4v) is 2.41. The van der Waals surface area contributed by atoms with Crippen LogP contribution in [0.5, 0.6) is 5.75 Å². The number of para-hydroxylation sites is 2. The van der Waals surface area contributed by atoms with Crippen LogP contribution in [0, 0.1) is 0 Å². The SMILES string of the molecule is O=C1CCC(NC(=O)C2CNc3ccccc3O2)CN1. The summed E-state index contributed by atoms with van der Waals surface area (Å²) < 4.78 is 5.69. The largest absolute Gasteiger partial charge is 0.477 e. The lowest BCUT2D eigenvalue weighted by Gasteiger charge is -2.29. The van der Waals surface area contributed by atoms with Crippen molar-refractivity contribution < 1.29 is 14.3 Å². The van der Waals surface area contributed by atoms with Gasteiger partial charge in [0, 0.05) is 19.0 Å². The van der Waals surface area contributed by atoms with Gasteiger partial charge in [0.05, 0.1) is 12.2 Å². The molecule has 2 heterocycles. The number of carbonyl (C=O) groups excluding carboxylic acids is 2. The summed E-state index contributed by atoms with van der Waals surface area (Å²) in [6.45, 7) is 0.934. The summed E-state index contributed by atoms with van der Waals surface area (Å²) >= 11 is 0. The normalized spacial score (nSPS) is 24.7. The van der Waals surface area contributed by atoms with Crippen molar-refractivity contribution >= 4 is 17.5 Å². The molecule has 6 heteroatoms. The van der Waals surface area contributed by atoms with E-state index in [1.165, 1.54) is 0 Å². The molecule has 2 amide bonds. The molecular weight excluding hydrogens is 258 g/mol. The van der Waals surface area contributed by atoms with Gasteiger partial charge in [-0.2, -0.15) is 0 Å². The van der Waals surface area contributed by atoms with E-state index < -0.39 is 6.10 Å². The number of carbonyl (C=O) groups is 2. The summed E-state index contributed by atoms with van der Waals surface area (Å²) in [5, 5.41) is 8.85. The number of piperidine rings is 1. The number of benzene rings is 1. The third-order valence-corrected chi connectivity index (χ3v) is 3.54. The van der Waals surface area contributed by atoms with Crippen molar-refractivity contribution in [3.05, 3.63) is 24.3 Å². The van der Waals surface area contributed by atoms with E-state index in [0.717, 1.165) is 5.69 Å². The lowest BCUT2D eigenvalue weighted by Crippen LogP contribution is -2.53. The van der Waals surface area contributed by atoms with Crippen LogP contribution in [0.3, 0.4) is 0 Å². The van der Waals surface area contributed by atoms with Crippen LogP contribution in [-0.4, -0.2) is 37.0 Å². The first kappa shape index (κ1) is 12.8. The summed E-state index contributed by atoms with van der Waals surface area (Å²) in [4.78, 5) is 23.2. The molecule has 1 aromatic rings. The van der Waals surface area contributed by atoms with E-state index >= 15 is 0 Å². The molecule has 1 saturated heterocycles.